The van der Waals surface area contributed by atoms with Crippen LogP contribution >= 0.6 is 0 Å². The fourth-order valence-corrected chi connectivity index (χ4v) is 5.73. The summed E-state index contributed by atoms with van der Waals surface area (Å²) in [5.41, 5.74) is 2.10. The summed E-state index contributed by atoms with van der Waals surface area (Å²) in [6, 6.07) is 20.7. The molecular weight excluding hydrogens is 667 g/mol. The molecule has 0 N–H and O–H groups in total. The predicted octanol–water partition coefficient (Wildman–Crippen LogP) is 10.6. The molecule has 3 aromatic carbocycles. The van der Waals surface area contributed by atoms with Gasteiger partial charge in [-0.3, -0.25) is 0 Å². The highest BCUT2D eigenvalue weighted by atomic mass is 15.1. The number of benzene rings is 3. The summed E-state index contributed by atoms with van der Waals surface area (Å²) in [7, 11) is 0. The molecule has 9 nitrogen and oxygen atoms in total. The number of rotatable bonds is 4. The van der Waals surface area contributed by atoms with E-state index < -0.39 is 0 Å². The van der Waals surface area contributed by atoms with Gasteiger partial charge >= 0.3 is 0 Å². The molecule has 9 heteroatoms. The molecule has 0 amide bonds. The molecule has 0 aliphatic heterocycles. The largest absolute Gasteiger partial charge is 0.217 e. The fraction of sp³-hybridized carbons (Fsp3) is 0.444. The van der Waals surface area contributed by atoms with Gasteiger partial charge in [0, 0.05) is 49.3 Å². The van der Waals surface area contributed by atoms with Crippen LogP contribution < -0.4 is 0 Å². The lowest BCUT2D eigenvalue weighted by molar-refractivity contribution is 0.497. The van der Waals surface area contributed by atoms with Crippen LogP contribution in [-0.2, 0) is 27.1 Å². The van der Waals surface area contributed by atoms with Gasteiger partial charge in [-0.2, -0.15) is 0 Å². The Morgan fingerprint density at radius 2 is 0.685 bits per heavy atom. The molecule has 280 valence electrons. The minimum absolute atomic E-state index is 0.249. The molecule has 3 heterocycles. The van der Waals surface area contributed by atoms with Crippen LogP contribution in [0.15, 0.2) is 60.7 Å². The third kappa shape index (κ3) is 8.20. The summed E-state index contributed by atoms with van der Waals surface area (Å²) in [4.78, 5) is 45.3. The van der Waals surface area contributed by atoms with Gasteiger partial charge in [-0.1, -0.05) is 146 Å². The van der Waals surface area contributed by atoms with E-state index in [1.165, 1.54) is 0 Å². The summed E-state index contributed by atoms with van der Waals surface area (Å²) in [6.07, 6.45) is 0. The number of aromatic nitrogens is 9. The van der Waals surface area contributed by atoms with Crippen molar-refractivity contribution in [1.82, 2.24) is 44.9 Å². The van der Waals surface area contributed by atoms with Gasteiger partial charge in [0.05, 0.1) is 0 Å². The van der Waals surface area contributed by atoms with E-state index in [0.29, 0.717) is 29.1 Å². The van der Waals surface area contributed by atoms with E-state index in [-0.39, 0.29) is 27.1 Å². The Morgan fingerprint density at radius 3 is 1.13 bits per heavy atom. The lowest BCUT2D eigenvalue weighted by Crippen LogP contribution is -2.24. The Morgan fingerprint density at radius 1 is 0.315 bits per heavy atom. The van der Waals surface area contributed by atoms with Crippen molar-refractivity contribution in [2.45, 2.75) is 131 Å². The summed E-state index contributed by atoms with van der Waals surface area (Å²) >= 11 is 0. The van der Waals surface area contributed by atoms with Crippen LogP contribution in [-0.4, -0.2) is 44.9 Å². The van der Waals surface area contributed by atoms with Crippen LogP contribution in [0.3, 0.4) is 0 Å². The van der Waals surface area contributed by atoms with Crippen molar-refractivity contribution in [3.63, 3.8) is 0 Å². The fourth-order valence-electron chi connectivity index (χ4n) is 5.73. The van der Waals surface area contributed by atoms with Gasteiger partial charge in [0.2, 0.25) is 0 Å². The van der Waals surface area contributed by atoms with Crippen molar-refractivity contribution in [3.05, 3.63) is 89.8 Å². The van der Waals surface area contributed by atoms with Crippen LogP contribution in [0.5, 0.6) is 0 Å². The maximum atomic E-state index is 5.21. The molecule has 0 radical (unpaired) electrons. The topological polar surface area (TPSA) is 116 Å². The lowest BCUT2D eigenvalue weighted by atomic mass is 9.92. The van der Waals surface area contributed by atoms with E-state index >= 15 is 0 Å². The molecule has 0 saturated heterocycles. The highest BCUT2D eigenvalue weighted by Gasteiger charge is 2.28. The Hall–Kier alpha value is -5.05. The first-order valence-corrected chi connectivity index (χ1v) is 18.8. The molecule has 6 aromatic rings. The monoisotopic (exact) mass is 721 g/mol. The Bertz CT molecular complexity index is 2300. The molecule has 0 atom stereocenters. The van der Waals surface area contributed by atoms with Gasteiger partial charge < -0.3 is 0 Å². The van der Waals surface area contributed by atoms with Crippen molar-refractivity contribution >= 4 is 10.8 Å². The van der Waals surface area contributed by atoms with Crippen molar-refractivity contribution in [2.75, 3.05) is 0 Å². The average molecular weight is 722 g/mol. The van der Waals surface area contributed by atoms with Crippen LogP contribution in [0.25, 0.3) is 56.3 Å². The second-order valence-electron chi connectivity index (χ2n) is 19.5. The first kappa shape index (κ1) is 38.7. The van der Waals surface area contributed by atoms with E-state index in [1.54, 1.807) is 0 Å². The zero-order valence-electron chi connectivity index (χ0n) is 34.8. The van der Waals surface area contributed by atoms with Gasteiger partial charge in [0.1, 0.15) is 29.1 Å². The predicted molar refractivity (Wildman–Crippen MR) is 219 cm³/mol. The van der Waals surface area contributed by atoms with Crippen molar-refractivity contribution < 1.29 is 0 Å². The van der Waals surface area contributed by atoms with Crippen molar-refractivity contribution in [2.24, 2.45) is 0 Å². The average Bonchev–Trinajstić information content (AvgIpc) is 3.08. The van der Waals surface area contributed by atoms with E-state index in [1.807, 2.05) is 30.3 Å². The van der Waals surface area contributed by atoms with E-state index in [2.05, 4.69) is 134 Å². The highest BCUT2D eigenvalue weighted by Crippen LogP contribution is 2.36. The standard InChI is InChI=1S/C45H55N9/c1-41(2,3)36-47-32(27-20-18-21-28(24-27)33-48-37(42(4,5)6)53-38(49-33)43(7,8)9)46-35(52-36)31-25-29(23-26-19-16-17-22-30(26)31)34-50-39(44(10,11)12)54-40(51-34)45(13,14)15/h16-25H,1-15H3. The molecule has 0 fully saturated rings. The molecule has 0 aliphatic rings. The zero-order chi connectivity index (χ0) is 39.6. The number of fused-ring (bicyclic) bond motifs is 1. The van der Waals surface area contributed by atoms with E-state index in [4.69, 9.17) is 44.9 Å². The summed E-state index contributed by atoms with van der Waals surface area (Å²) in [5.74, 6) is 6.15. The second kappa shape index (κ2) is 13.4. The first-order chi connectivity index (χ1) is 24.9. The summed E-state index contributed by atoms with van der Waals surface area (Å²) in [6.45, 7) is 31.9. The molecule has 0 unspecified atom stereocenters. The van der Waals surface area contributed by atoms with Gasteiger partial charge in [-0.05, 0) is 29.0 Å². The van der Waals surface area contributed by atoms with E-state index in [9.17, 15) is 0 Å². The maximum Gasteiger partial charge on any atom is 0.164 e. The molecular formula is C45H55N9. The van der Waals surface area contributed by atoms with Crippen molar-refractivity contribution in [1.29, 1.82) is 0 Å². The van der Waals surface area contributed by atoms with Crippen LogP contribution in [0.4, 0.5) is 0 Å². The Labute approximate surface area is 321 Å². The normalized spacial score (nSPS) is 13.1. The first-order valence-electron chi connectivity index (χ1n) is 18.8. The van der Waals surface area contributed by atoms with Crippen LogP contribution in [0.1, 0.15) is 133 Å². The van der Waals surface area contributed by atoms with Crippen LogP contribution in [0, 0.1) is 0 Å². The Kier molecular flexibility index (Phi) is 9.57. The lowest BCUT2D eigenvalue weighted by Gasteiger charge is -2.23. The quantitative estimate of drug-likeness (QED) is 0.175. The van der Waals surface area contributed by atoms with Crippen LogP contribution in [0.2, 0.25) is 0 Å². The highest BCUT2D eigenvalue weighted by molar-refractivity contribution is 5.98. The smallest absolute Gasteiger partial charge is 0.164 e. The van der Waals surface area contributed by atoms with Gasteiger partial charge in [-0.25, -0.2) is 44.9 Å². The number of hydrogen-bond acceptors (Lipinski definition) is 9. The van der Waals surface area contributed by atoms with Gasteiger partial charge in [0.25, 0.3) is 0 Å². The molecule has 6 rings (SSSR count). The molecule has 54 heavy (non-hydrogen) atoms. The van der Waals surface area contributed by atoms with Crippen molar-refractivity contribution in [3.8, 4) is 45.6 Å². The molecule has 3 aromatic heterocycles. The van der Waals surface area contributed by atoms with E-state index in [0.717, 1.165) is 56.3 Å². The molecule has 0 aliphatic carbocycles. The summed E-state index contributed by atoms with van der Waals surface area (Å²) < 4.78 is 0. The summed E-state index contributed by atoms with van der Waals surface area (Å²) in [5, 5.41) is 2.07. The Balaban J connectivity index is 1.57. The van der Waals surface area contributed by atoms with Gasteiger partial charge in [0.15, 0.2) is 23.3 Å². The third-order valence-electron chi connectivity index (χ3n) is 9.00. The molecule has 0 bridgehead atoms. The maximum absolute atomic E-state index is 5.21. The minimum Gasteiger partial charge on any atom is -0.217 e. The zero-order valence-corrected chi connectivity index (χ0v) is 34.8. The van der Waals surface area contributed by atoms with Gasteiger partial charge in [-0.15, -0.1) is 0 Å². The molecule has 0 saturated carbocycles. The third-order valence-corrected chi connectivity index (χ3v) is 9.00. The molecule has 0 spiro atoms. The SMILES string of the molecule is CC(C)(C)c1nc(-c2cccc(-c3nc(C(C)(C)C)nc(C(C)(C)C)n3)c2)nc(-c2cc(-c3nc(C(C)(C)C)nc(C(C)(C)C)n3)cc3ccccc23)n1. The number of nitrogens with zero attached hydrogens (tertiary/aromatic N) is 9. The second-order valence-corrected chi connectivity index (χ2v) is 19.5. The number of hydrogen-bond donors (Lipinski definition) is 0. The minimum atomic E-state index is -0.355.